The third-order valence-corrected chi connectivity index (χ3v) is 11.7. The smallest absolute Gasteiger partial charge is 0.0734 e. The molecule has 0 spiro atoms. The van der Waals surface area contributed by atoms with Gasteiger partial charge in [-0.3, -0.25) is 0 Å². The fourth-order valence-electron chi connectivity index (χ4n) is 9.25. The Morgan fingerprint density at radius 2 is 1.04 bits per heavy atom. The van der Waals surface area contributed by atoms with Crippen LogP contribution in [0.25, 0.3) is 66.0 Å². The minimum absolute atomic E-state index is 0.477. The van der Waals surface area contributed by atoms with Crippen molar-refractivity contribution >= 4 is 44.0 Å². The Bertz CT molecular complexity index is 3010. The monoisotopic (exact) mass is 700 g/mol. The summed E-state index contributed by atoms with van der Waals surface area (Å²) < 4.78 is 0. The quantitative estimate of drug-likeness (QED) is 0.178. The van der Waals surface area contributed by atoms with Crippen LogP contribution in [-0.2, 0) is 5.41 Å². The Morgan fingerprint density at radius 3 is 1.84 bits per heavy atom. The predicted octanol–water partition coefficient (Wildman–Crippen LogP) is 13.9. The molecule has 9 aromatic carbocycles. The number of hydrogen-bond donors (Lipinski definition) is 2. The molecule has 10 aromatic rings. The molecule has 0 unspecified atom stereocenters. The summed E-state index contributed by atoms with van der Waals surface area (Å²) in [7, 11) is 0. The van der Waals surface area contributed by atoms with E-state index in [0.29, 0.717) is 0 Å². The van der Waals surface area contributed by atoms with Gasteiger partial charge in [0.05, 0.1) is 10.9 Å². The van der Waals surface area contributed by atoms with Gasteiger partial charge in [-0.05, 0) is 80.2 Å². The third-order valence-electron chi connectivity index (χ3n) is 11.7. The van der Waals surface area contributed by atoms with Crippen molar-refractivity contribution in [1.82, 2.24) is 4.98 Å². The highest BCUT2D eigenvalue weighted by atomic mass is 14.9. The zero-order valence-corrected chi connectivity index (χ0v) is 30.1. The van der Waals surface area contributed by atoms with E-state index in [1.165, 1.54) is 77.1 Å². The summed E-state index contributed by atoms with van der Waals surface area (Å²) in [5.41, 5.74) is 16.5. The van der Waals surface area contributed by atoms with Gasteiger partial charge in [0.25, 0.3) is 0 Å². The van der Waals surface area contributed by atoms with E-state index in [1.807, 2.05) is 0 Å². The van der Waals surface area contributed by atoms with E-state index in [4.69, 9.17) is 0 Å². The number of fused-ring (bicyclic) bond motifs is 8. The Morgan fingerprint density at radius 1 is 0.382 bits per heavy atom. The average Bonchev–Trinajstić information content (AvgIpc) is 3.78. The van der Waals surface area contributed by atoms with Crippen molar-refractivity contribution in [3.8, 4) is 33.4 Å². The molecule has 0 fully saturated rings. The number of benzene rings is 9. The minimum Gasteiger partial charge on any atom is -0.355 e. The van der Waals surface area contributed by atoms with Gasteiger partial charge in [0.15, 0.2) is 0 Å². The molecule has 2 nitrogen and oxygen atoms in total. The van der Waals surface area contributed by atoms with Gasteiger partial charge in [0.1, 0.15) is 0 Å². The molecule has 2 N–H and O–H groups in total. The van der Waals surface area contributed by atoms with Crippen LogP contribution < -0.4 is 5.32 Å². The standard InChI is InChI=1S/C53H36N2/c1-4-15-36(16-5-1)45-33-37(27-31-49(45)54-48-26-14-18-35-17-10-11-23-41(35)48)38-28-32-50-46(34-38)44-30-29-43-42-24-12-13-25-47(42)53(51(43)52(44)55-50,39-19-6-2-7-20-39)40-21-8-3-9-22-40/h1-34,54-55H. The van der Waals surface area contributed by atoms with E-state index in [1.54, 1.807) is 0 Å². The van der Waals surface area contributed by atoms with E-state index in [-0.39, 0.29) is 0 Å². The molecule has 1 heterocycles. The molecular formula is C53H36N2. The first kappa shape index (κ1) is 31.4. The molecule has 0 saturated heterocycles. The van der Waals surface area contributed by atoms with Crippen molar-refractivity contribution in [2.24, 2.45) is 0 Å². The highest BCUT2D eigenvalue weighted by molar-refractivity contribution is 6.13. The molecule has 1 aromatic heterocycles. The first-order valence-corrected chi connectivity index (χ1v) is 19.0. The summed E-state index contributed by atoms with van der Waals surface area (Å²) in [6.45, 7) is 0. The molecule has 0 radical (unpaired) electrons. The van der Waals surface area contributed by atoms with E-state index in [9.17, 15) is 0 Å². The second-order valence-electron chi connectivity index (χ2n) is 14.6. The van der Waals surface area contributed by atoms with Crippen LogP contribution in [0.5, 0.6) is 0 Å². The summed E-state index contributed by atoms with van der Waals surface area (Å²) in [5.74, 6) is 0. The lowest BCUT2D eigenvalue weighted by atomic mass is 9.67. The van der Waals surface area contributed by atoms with Crippen LogP contribution in [-0.4, -0.2) is 4.98 Å². The Kier molecular flexibility index (Phi) is 7.11. The van der Waals surface area contributed by atoms with Crippen LogP contribution in [0.2, 0.25) is 0 Å². The van der Waals surface area contributed by atoms with Crippen LogP contribution in [0, 0.1) is 0 Å². The summed E-state index contributed by atoms with van der Waals surface area (Å²) in [4.78, 5) is 3.96. The van der Waals surface area contributed by atoms with Gasteiger partial charge in [0, 0.05) is 44.2 Å². The predicted molar refractivity (Wildman–Crippen MR) is 231 cm³/mol. The summed E-state index contributed by atoms with van der Waals surface area (Å²) in [5, 5.41) is 8.68. The summed E-state index contributed by atoms with van der Waals surface area (Å²) in [6, 6.07) is 75.1. The van der Waals surface area contributed by atoms with Gasteiger partial charge < -0.3 is 10.3 Å². The molecule has 258 valence electrons. The zero-order chi connectivity index (χ0) is 36.3. The number of anilines is 2. The van der Waals surface area contributed by atoms with Crippen molar-refractivity contribution in [2.75, 3.05) is 5.32 Å². The molecule has 11 rings (SSSR count). The van der Waals surface area contributed by atoms with Gasteiger partial charge in [-0.1, -0.05) is 176 Å². The number of hydrogen-bond acceptors (Lipinski definition) is 1. The molecule has 0 atom stereocenters. The molecule has 0 amide bonds. The molecule has 0 saturated carbocycles. The van der Waals surface area contributed by atoms with E-state index < -0.39 is 5.41 Å². The van der Waals surface area contributed by atoms with Crippen LogP contribution in [0.1, 0.15) is 22.3 Å². The Labute approximate surface area is 320 Å². The van der Waals surface area contributed by atoms with Gasteiger partial charge in [-0.2, -0.15) is 0 Å². The molecule has 55 heavy (non-hydrogen) atoms. The maximum Gasteiger partial charge on any atom is 0.0734 e. The normalized spacial score (nSPS) is 12.9. The average molecular weight is 701 g/mol. The minimum atomic E-state index is -0.477. The SMILES string of the molecule is c1ccc(-c2cc(-c3ccc4[nH]c5c6c(ccc5c4c3)-c3ccccc3C6(c3ccccc3)c3ccccc3)ccc2Nc2cccc3ccccc23)cc1. The number of rotatable bonds is 6. The number of H-pyrrole nitrogens is 1. The fourth-order valence-corrected chi connectivity index (χ4v) is 9.25. The highest BCUT2D eigenvalue weighted by Crippen LogP contribution is 2.58. The maximum absolute atomic E-state index is 3.96. The molecule has 2 heteroatoms. The van der Waals surface area contributed by atoms with Crippen molar-refractivity contribution in [3.05, 3.63) is 229 Å². The van der Waals surface area contributed by atoms with Gasteiger partial charge >= 0.3 is 0 Å². The molecule has 1 aliphatic rings. The van der Waals surface area contributed by atoms with Crippen LogP contribution >= 0.6 is 0 Å². The van der Waals surface area contributed by atoms with Crippen LogP contribution in [0.4, 0.5) is 11.4 Å². The summed E-state index contributed by atoms with van der Waals surface area (Å²) >= 11 is 0. The van der Waals surface area contributed by atoms with Crippen LogP contribution in [0.15, 0.2) is 206 Å². The topological polar surface area (TPSA) is 27.8 Å². The zero-order valence-electron chi connectivity index (χ0n) is 30.1. The van der Waals surface area contributed by atoms with Crippen molar-refractivity contribution in [2.45, 2.75) is 5.41 Å². The van der Waals surface area contributed by atoms with Gasteiger partial charge in [-0.25, -0.2) is 0 Å². The lowest BCUT2D eigenvalue weighted by Gasteiger charge is -2.34. The lowest BCUT2D eigenvalue weighted by Crippen LogP contribution is -2.28. The second kappa shape index (κ2) is 12.5. The number of nitrogens with one attached hydrogen (secondary N) is 2. The molecule has 1 aliphatic carbocycles. The second-order valence-corrected chi connectivity index (χ2v) is 14.6. The van der Waals surface area contributed by atoms with Crippen molar-refractivity contribution in [1.29, 1.82) is 0 Å². The van der Waals surface area contributed by atoms with Gasteiger partial charge in [-0.15, -0.1) is 0 Å². The first-order chi connectivity index (χ1) is 27.3. The van der Waals surface area contributed by atoms with Crippen LogP contribution in [0.3, 0.4) is 0 Å². The molecule has 0 bridgehead atoms. The lowest BCUT2D eigenvalue weighted by molar-refractivity contribution is 0.774. The number of aromatic amines is 1. The first-order valence-electron chi connectivity index (χ1n) is 19.0. The Balaban J connectivity index is 1.10. The van der Waals surface area contributed by atoms with E-state index in [0.717, 1.165) is 22.5 Å². The molecular weight excluding hydrogens is 665 g/mol. The van der Waals surface area contributed by atoms with Crippen molar-refractivity contribution in [3.63, 3.8) is 0 Å². The highest BCUT2D eigenvalue weighted by Gasteiger charge is 2.47. The van der Waals surface area contributed by atoms with E-state index in [2.05, 4.69) is 217 Å². The number of aromatic nitrogens is 1. The third kappa shape index (κ3) is 4.82. The van der Waals surface area contributed by atoms with Crippen molar-refractivity contribution < 1.29 is 0 Å². The van der Waals surface area contributed by atoms with Gasteiger partial charge in [0.2, 0.25) is 0 Å². The fraction of sp³-hybridized carbons (Fsp3) is 0.0189. The Hall–Kier alpha value is -7.16. The van der Waals surface area contributed by atoms with E-state index >= 15 is 0 Å². The molecule has 0 aliphatic heterocycles. The maximum atomic E-state index is 3.96. The largest absolute Gasteiger partial charge is 0.355 e. The summed E-state index contributed by atoms with van der Waals surface area (Å²) in [6.07, 6.45) is 0.